The molecule has 0 radical (unpaired) electrons. The Balaban J connectivity index is 1.54. The Morgan fingerprint density at radius 1 is 1.12 bits per heavy atom. The Kier molecular flexibility index (Phi) is 4.19. The molecule has 4 rings (SSSR count). The van der Waals surface area contributed by atoms with Crippen LogP contribution in [-0.2, 0) is 24.3 Å². The minimum Gasteiger partial charge on any atom is -0.351 e. The van der Waals surface area contributed by atoms with Crippen LogP contribution in [0.2, 0.25) is 0 Å². The van der Waals surface area contributed by atoms with Crippen LogP contribution in [0.4, 0.5) is 0 Å². The number of rotatable bonds is 2. The third-order valence-electron chi connectivity index (χ3n) is 5.30. The lowest BCUT2D eigenvalue weighted by Crippen LogP contribution is -2.42. The molecule has 0 saturated carbocycles. The predicted molar refractivity (Wildman–Crippen MR) is 98.5 cm³/mol. The Morgan fingerprint density at radius 3 is 2.79 bits per heavy atom. The molecule has 2 aromatic rings. The fourth-order valence-electron chi connectivity index (χ4n) is 4.03. The van der Waals surface area contributed by atoms with E-state index in [-0.39, 0.29) is 11.3 Å². The van der Waals surface area contributed by atoms with Gasteiger partial charge in [-0.15, -0.1) is 0 Å². The molecular weight excluding hydrogens is 364 g/mol. The molecule has 1 amide bonds. The van der Waals surface area contributed by atoms with E-state index in [2.05, 4.69) is 68.6 Å². The molecule has 0 bridgehead atoms. The molecule has 2 aromatic carbocycles. The molecule has 0 aliphatic carbocycles. The Labute approximate surface area is 151 Å². The molecule has 1 unspecified atom stereocenters. The van der Waals surface area contributed by atoms with Crippen molar-refractivity contribution in [2.24, 2.45) is 5.41 Å². The summed E-state index contributed by atoms with van der Waals surface area (Å²) < 4.78 is 1.11. The highest BCUT2D eigenvalue weighted by atomic mass is 79.9. The Hall–Kier alpha value is -1.65. The minimum absolute atomic E-state index is 0.218. The number of hydrogen-bond donors (Lipinski definition) is 1. The first kappa shape index (κ1) is 15.9. The summed E-state index contributed by atoms with van der Waals surface area (Å²) in [6, 6.07) is 16.9. The number of nitrogens with zero attached hydrogens (tertiary/aromatic N) is 1. The minimum atomic E-state index is -0.279. The normalized spacial score (nSPS) is 23.8. The van der Waals surface area contributed by atoms with E-state index in [0.717, 1.165) is 36.9 Å². The third-order valence-corrected chi connectivity index (χ3v) is 5.79. The highest BCUT2D eigenvalue weighted by molar-refractivity contribution is 9.10. The molecule has 1 fully saturated rings. The van der Waals surface area contributed by atoms with Gasteiger partial charge < -0.3 is 5.32 Å². The third kappa shape index (κ3) is 3.01. The first-order chi connectivity index (χ1) is 11.6. The number of hydrogen-bond acceptors (Lipinski definition) is 2. The largest absolute Gasteiger partial charge is 0.351 e. The van der Waals surface area contributed by atoms with Gasteiger partial charge in [0.1, 0.15) is 0 Å². The van der Waals surface area contributed by atoms with Crippen molar-refractivity contribution in [3.63, 3.8) is 0 Å². The van der Waals surface area contributed by atoms with E-state index in [1.54, 1.807) is 0 Å². The van der Waals surface area contributed by atoms with Gasteiger partial charge in [-0.3, -0.25) is 9.69 Å². The second-order valence-electron chi connectivity index (χ2n) is 7.00. The zero-order chi connectivity index (χ0) is 16.6. The lowest BCUT2D eigenvalue weighted by molar-refractivity contribution is -0.130. The number of nitrogens with one attached hydrogen (secondary N) is 1. The van der Waals surface area contributed by atoms with Crippen LogP contribution >= 0.6 is 15.9 Å². The fourth-order valence-corrected chi connectivity index (χ4v) is 4.47. The van der Waals surface area contributed by atoms with Crippen LogP contribution in [0.25, 0.3) is 0 Å². The highest BCUT2D eigenvalue weighted by Gasteiger charge is 2.45. The fraction of sp³-hybridized carbons (Fsp3) is 0.350. The second kappa shape index (κ2) is 6.34. The molecule has 1 saturated heterocycles. The average Bonchev–Trinajstić information content (AvgIpc) is 2.91. The molecular formula is C20H21BrN2O. The summed E-state index contributed by atoms with van der Waals surface area (Å²) in [6.45, 7) is 3.36. The lowest BCUT2D eigenvalue weighted by atomic mass is 9.80. The summed E-state index contributed by atoms with van der Waals surface area (Å²) >= 11 is 3.54. The summed E-state index contributed by atoms with van der Waals surface area (Å²) in [6.07, 6.45) is 1.78. The zero-order valence-corrected chi connectivity index (χ0v) is 15.2. The van der Waals surface area contributed by atoms with E-state index in [1.165, 1.54) is 16.7 Å². The first-order valence-electron chi connectivity index (χ1n) is 8.47. The van der Waals surface area contributed by atoms with Crippen molar-refractivity contribution in [2.45, 2.75) is 25.9 Å². The molecule has 2 heterocycles. The molecule has 2 aliphatic heterocycles. The van der Waals surface area contributed by atoms with E-state index < -0.39 is 0 Å². The van der Waals surface area contributed by atoms with Gasteiger partial charge in [-0.25, -0.2) is 0 Å². The standard InChI is InChI=1S/C20H21BrN2O/c21-18-7-3-4-15(10-18)13-23-9-8-20(14-23)11-16-5-1-2-6-17(16)12-22-19(20)24/h1-7,10H,8-9,11-14H2,(H,22,24). The summed E-state index contributed by atoms with van der Waals surface area (Å²) in [7, 11) is 0. The van der Waals surface area contributed by atoms with E-state index in [4.69, 9.17) is 0 Å². The molecule has 1 spiro atoms. The predicted octanol–water partition coefficient (Wildman–Crippen LogP) is 3.51. The summed E-state index contributed by atoms with van der Waals surface area (Å²) in [5.41, 5.74) is 3.59. The van der Waals surface area contributed by atoms with Crippen molar-refractivity contribution in [2.75, 3.05) is 13.1 Å². The maximum atomic E-state index is 12.8. The van der Waals surface area contributed by atoms with Crippen molar-refractivity contribution >= 4 is 21.8 Å². The number of carbonyl (C=O) groups excluding carboxylic acids is 1. The van der Waals surface area contributed by atoms with Crippen molar-refractivity contribution < 1.29 is 4.79 Å². The number of likely N-dealkylation sites (tertiary alicyclic amines) is 1. The van der Waals surface area contributed by atoms with Crippen molar-refractivity contribution in [1.29, 1.82) is 0 Å². The Bertz CT molecular complexity index is 776. The summed E-state index contributed by atoms with van der Waals surface area (Å²) in [4.78, 5) is 15.2. The molecule has 3 nitrogen and oxygen atoms in total. The van der Waals surface area contributed by atoms with Gasteiger partial charge in [-0.1, -0.05) is 52.3 Å². The quantitative estimate of drug-likeness (QED) is 0.858. The smallest absolute Gasteiger partial charge is 0.228 e. The van der Waals surface area contributed by atoms with E-state index in [9.17, 15) is 4.79 Å². The van der Waals surface area contributed by atoms with E-state index in [0.29, 0.717) is 6.54 Å². The molecule has 1 atom stereocenters. The SMILES string of the molecule is O=C1NCc2ccccc2CC12CCN(Cc1cccc(Br)c1)C2. The van der Waals surface area contributed by atoms with Crippen LogP contribution in [0.3, 0.4) is 0 Å². The monoisotopic (exact) mass is 384 g/mol. The molecule has 124 valence electrons. The van der Waals surface area contributed by atoms with Crippen LogP contribution < -0.4 is 5.32 Å². The topological polar surface area (TPSA) is 32.3 Å². The van der Waals surface area contributed by atoms with Crippen molar-refractivity contribution in [1.82, 2.24) is 10.2 Å². The van der Waals surface area contributed by atoms with Gasteiger partial charge in [-0.05, 0) is 48.2 Å². The van der Waals surface area contributed by atoms with Gasteiger partial charge in [0, 0.05) is 24.1 Å². The van der Waals surface area contributed by atoms with Crippen molar-refractivity contribution in [3.05, 3.63) is 69.7 Å². The Morgan fingerprint density at radius 2 is 1.96 bits per heavy atom. The number of halogens is 1. The molecule has 24 heavy (non-hydrogen) atoms. The number of benzene rings is 2. The summed E-state index contributed by atoms with van der Waals surface area (Å²) in [5.74, 6) is 0.218. The first-order valence-corrected chi connectivity index (χ1v) is 9.26. The van der Waals surface area contributed by atoms with Crippen LogP contribution in [0, 0.1) is 5.41 Å². The second-order valence-corrected chi connectivity index (χ2v) is 7.91. The van der Waals surface area contributed by atoms with Gasteiger partial charge in [-0.2, -0.15) is 0 Å². The maximum absolute atomic E-state index is 12.8. The van der Waals surface area contributed by atoms with Gasteiger partial charge in [0.2, 0.25) is 5.91 Å². The maximum Gasteiger partial charge on any atom is 0.228 e. The van der Waals surface area contributed by atoms with Crippen molar-refractivity contribution in [3.8, 4) is 0 Å². The van der Waals surface area contributed by atoms with Crippen LogP contribution in [0.5, 0.6) is 0 Å². The van der Waals surface area contributed by atoms with Crippen LogP contribution in [-0.4, -0.2) is 23.9 Å². The summed E-state index contributed by atoms with van der Waals surface area (Å²) in [5, 5.41) is 3.15. The average molecular weight is 385 g/mol. The molecule has 2 aliphatic rings. The number of fused-ring (bicyclic) bond motifs is 1. The van der Waals surface area contributed by atoms with Gasteiger partial charge in [0.25, 0.3) is 0 Å². The zero-order valence-electron chi connectivity index (χ0n) is 13.6. The van der Waals surface area contributed by atoms with Crippen LogP contribution in [0.15, 0.2) is 53.0 Å². The number of amides is 1. The molecule has 4 heteroatoms. The van der Waals surface area contributed by atoms with E-state index in [1.807, 2.05) is 6.07 Å². The van der Waals surface area contributed by atoms with Crippen LogP contribution in [0.1, 0.15) is 23.1 Å². The van der Waals surface area contributed by atoms with Gasteiger partial charge in [0.15, 0.2) is 0 Å². The van der Waals surface area contributed by atoms with Gasteiger partial charge in [0.05, 0.1) is 5.41 Å². The highest BCUT2D eigenvalue weighted by Crippen LogP contribution is 2.37. The number of carbonyl (C=O) groups is 1. The van der Waals surface area contributed by atoms with E-state index >= 15 is 0 Å². The lowest BCUT2D eigenvalue weighted by Gasteiger charge is -2.26. The molecule has 1 N–H and O–H groups in total. The van der Waals surface area contributed by atoms with Gasteiger partial charge >= 0.3 is 0 Å². The molecule has 0 aromatic heterocycles.